The third kappa shape index (κ3) is 5.02. The highest BCUT2D eigenvalue weighted by Crippen LogP contribution is 2.20. The number of carbonyl (C=O) groups excluding carboxylic acids is 1. The highest BCUT2D eigenvalue weighted by molar-refractivity contribution is 7.80. The summed E-state index contributed by atoms with van der Waals surface area (Å²) in [7, 11) is 0. The van der Waals surface area contributed by atoms with Gasteiger partial charge in [-0.1, -0.05) is 41.4 Å². The summed E-state index contributed by atoms with van der Waals surface area (Å²) >= 11 is 11.1. The summed E-state index contributed by atoms with van der Waals surface area (Å²) in [6, 6.07) is 14.6. The van der Waals surface area contributed by atoms with Crippen LogP contribution in [-0.2, 0) is 4.79 Å². The van der Waals surface area contributed by atoms with E-state index in [1.54, 1.807) is 12.1 Å². The Hall–Kier alpha value is -2.11. The first kappa shape index (κ1) is 16.3. The van der Waals surface area contributed by atoms with E-state index in [1.807, 2.05) is 43.3 Å². The Morgan fingerprint density at radius 2 is 1.86 bits per heavy atom. The zero-order valence-corrected chi connectivity index (χ0v) is 13.5. The highest BCUT2D eigenvalue weighted by Gasteiger charge is 2.07. The van der Waals surface area contributed by atoms with Gasteiger partial charge >= 0.3 is 0 Å². The van der Waals surface area contributed by atoms with Crippen LogP contribution in [0.25, 0.3) is 0 Å². The molecule has 0 saturated carbocycles. The van der Waals surface area contributed by atoms with Gasteiger partial charge in [-0.15, -0.1) is 0 Å². The van der Waals surface area contributed by atoms with E-state index in [4.69, 9.17) is 28.6 Å². The topological polar surface area (TPSA) is 50.4 Å². The van der Waals surface area contributed by atoms with Crippen LogP contribution in [0.5, 0.6) is 5.75 Å². The number of amides is 1. The summed E-state index contributed by atoms with van der Waals surface area (Å²) < 4.78 is 5.37. The molecule has 0 heterocycles. The van der Waals surface area contributed by atoms with E-state index in [2.05, 4.69) is 10.6 Å². The molecule has 0 aromatic heterocycles. The summed E-state index contributed by atoms with van der Waals surface area (Å²) in [5.41, 5.74) is 1.76. The van der Waals surface area contributed by atoms with Crippen LogP contribution in [0.4, 0.5) is 5.69 Å². The molecule has 0 aliphatic heterocycles. The maximum atomic E-state index is 11.8. The zero-order chi connectivity index (χ0) is 15.9. The quantitative estimate of drug-likeness (QED) is 0.840. The SMILES string of the molecule is Cc1ccc(OCC(=O)NC(=S)Nc2ccccc2Cl)cc1. The minimum Gasteiger partial charge on any atom is -0.484 e. The lowest BCUT2D eigenvalue weighted by atomic mass is 10.2. The van der Waals surface area contributed by atoms with Gasteiger partial charge in [0, 0.05) is 0 Å². The van der Waals surface area contributed by atoms with Crippen molar-refractivity contribution in [1.82, 2.24) is 5.32 Å². The number of hydrogen-bond donors (Lipinski definition) is 2. The van der Waals surface area contributed by atoms with Crippen LogP contribution in [0.3, 0.4) is 0 Å². The molecule has 2 rings (SSSR count). The van der Waals surface area contributed by atoms with Crippen molar-refractivity contribution in [1.29, 1.82) is 0 Å². The van der Waals surface area contributed by atoms with Crippen molar-refractivity contribution in [2.24, 2.45) is 0 Å². The number of aryl methyl sites for hydroxylation is 1. The van der Waals surface area contributed by atoms with Crippen LogP contribution < -0.4 is 15.4 Å². The van der Waals surface area contributed by atoms with Crippen molar-refractivity contribution in [2.45, 2.75) is 6.92 Å². The van der Waals surface area contributed by atoms with E-state index in [-0.39, 0.29) is 17.6 Å². The number of ether oxygens (including phenoxy) is 1. The number of halogens is 1. The minimum atomic E-state index is -0.342. The first-order chi connectivity index (χ1) is 10.5. The number of rotatable bonds is 4. The second-order valence-electron chi connectivity index (χ2n) is 4.58. The van der Waals surface area contributed by atoms with Crippen LogP contribution in [0.2, 0.25) is 5.02 Å². The van der Waals surface area contributed by atoms with E-state index in [9.17, 15) is 4.79 Å². The number of para-hydroxylation sites is 1. The first-order valence-corrected chi connectivity index (χ1v) is 7.38. The maximum absolute atomic E-state index is 11.8. The molecule has 0 bridgehead atoms. The molecule has 22 heavy (non-hydrogen) atoms. The normalized spacial score (nSPS) is 9.91. The average molecular weight is 335 g/mol. The van der Waals surface area contributed by atoms with E-state index in [0.717, 1.165) is 5.56 Å². The van der Waals surface area contributed by atoms with Crippen molar-refractivity contribution in [3.05, 3.63) is 59.1 Å². The molecule has 2 N–H and O–H groups in total. The number of nitrogens with one attached hydrogen (secondary N) is 2. The number of anilines is 1. The van der Waals surface area contributed by atoms with Gasteiger partial charge in [0.15, 0.2) is 11.7 Å². The second-order valence-corrected chi connectivity index (χ2v) is 5.40. The summed E-state index contributed by atoms with van der Waals surface area (Å²) in [5.74, 6) is 0.288. The lowest BCUT2D eigenvalue weighted by molar-refractivity contribution is -0.121. The average Bonchev–Trinajstić information content (AvgIpc) is 2.49. The van der Waals surface area contributed by atoms with Crippen LogP contribution in [-0.4, -0.2) is 17.6 Å². The monoisotopic (exact) mass is 334 g/mol. The Bertz CT molecular complexity index is 674. The molecule has 0 unspecified atom stereocenters. The predicted octanol–water partition coefficient (Wildman–Crippen LogP) is 3.54. The molecule has 114 valence electrons. The standard InChI is InChI=1S/C16H15ClN2O2S/c1-11-6-8-12(9-7-11)21-10-15(20)19-16(22)18-14-5-3-2-4-13(14)17/h2-9H,10H2,1H3,(H2,18,19,20,22). The molecule has 4 nitrogen and oxygen atoms in total. The maximum Gasteiger partial charge on any atom is 0.264 e. The highest BCUT2D eigenvalue weighted by atomic mass is 35.5. The molecule has 6 heteroatoms. The summed E-state index contributed by atoms with van der Waals surface area (Å²) in [5, 5.41) is 6.09. The fraction of sp³-hybridized carbons (Fsp3) is 0.125. The lowest BCUT2D eigenvalue weighted by Crippen LogP contribution is -2.37. The van der Waals surface area contributed by atoms with Gasteiger partial charge in [-0.25, -0.2) is 0 Å². The molecule has 0 atom stereocenters. The van der Waals surface area contributed by atoms with Gasteiger partial charge in [-0.05, 0) is 43.4 Å². The van der Waals surface area contributed by atoms with Gasteiger partial charge in [0.2, 0.25) is 0 Å². The minimum absolute atomic E-state index is 0.118. The zero-order valence-electron chi connectivity index (χ0n) is 11.9. The lowest BCUT2D eigenvalue weighted by Gasteiger charge is -2.11. The molecule has 2 aromatic carbocycles. The molecular weight excluding hydrogens is 320 g/mol. The summed E-state index contributed by atoms with van der Waals surface area (Å²) in [6.45, 7) is 1.86. The van der Waals surface area contributed by atoms with Gasteiger partial charge in [0.25, 0.3) is 5.91 Å². The fourth-order valence-corrected chi connectivity index (χ4v) is 2.07. The first-order valence-electron chi connectivity index (χ1n) is 6.59. The van der Waals surface area contributed by atoms with Crippen LogP contribution in [0.15, 0.2) is 48.5 Å². The van der Waals surface area contributed by atoms with Crippen molar-refractivity contribution >= 4 is 40.5 Å². The van der Waals surface area contributed by atoms with Crippen molar-refractivity contribution in [3.63, 3.8) is 0 Å². The third-order valence-electron chi connectivity index (χ3n) is 2.77. The largest absolute Gasteiger partial charge is 0.484 e. The van der Waals surface area contributed by atoms with Gasteiger partial charge < -0.3 is 10.1 Å². The van der Waals surface area contributed by atoms with Gasteiger partial charge in [-0.2, -0.15) is 0 Å². The molecule has 2 aromatic rings. The molecule has 0 saturated heterocycles. The summed E-state index contributed by atoms with van der Waals surface area (Å²) in [6.07, 6.45) is 0. The number of benzene rings is 2. The smallest absolute Gasteiger partial charge is 0.264 e. The van der Waals surface area contributed by atoms with E-state index >= 15 is 0 Å². The molecule has 0 aliphatic carbocycles. The predicted molar refractivity (Wildman–Crippen MR) is 92.5 cm³/mol. The Labute approximate surface area is 139 Å². The van der Waals surface area contributed by atoms with Crippen LogP contribution in [0, 0.1) is 6.92 Å². The van der Waals surface area contributed by atoms with Crippen molar-refractivity contribution in [3.8, 4) is 5.75 Å². The van der Waals surface area contributed by atoms with Gasteiger partial charge in [-0.3, -0.25) is 10.1 Å². The molecule has 0 aliphatic rings. The molecular formula is C16H15ClN2O2S. The van der Waals surface area contributed by atoms with Gasteiger partial charge in [0.05, 0.1) is 10.7 Å². The molecule has 0 spiro atoms. The van der Waals surface area contributed by atoms with Crippen LogP contribution in [0.1, 0.15) is 5.56 Å². The third-order valence-corrected chi connectivity index (χ3v) is 3.30. The van der Waals surface area contributed by atoms with E-state index in [0.29, 0.717) is 16.5 Å². The Morgan fingerprint density at radius 1 is 1.18 bits per heavy atom. The number of carbonyl (C=O) groups is 1. The number of thiocarbonyl (C=S) groups is 1. The Balaban J connectivity index is 1.80. The molecule has 1 amide bonds. The van der Waals surface area contributed by atoms with E-state index in [1.165, 1.54) is 0 Å². The van der Waals surface area contributed by atoms with Crippen molar-refractivity contribution < 1.29 is 9.53 Å². The van der Waals surface area contributed by atoms with Crippen LogP contribution >= 0.6 is 23.8 Å². The molecule has 0 fully saturated rings. The Morgan fingerprint density at radius 3 is 2.55 bits per heavy atom. The van der Waals surface area contributed by atoms with Gasteiger partial charge in [0.1, 0.15) is 5.75 Å². The Kier molecular flexibility index (Phi) is 5.75. The second kappa shape index (κ2) is 7.77. The summed E-state index contributed by atoms with van der Waals surface area (Å²) in [4.78, 5) is 11.8. The fourth-order valence-electron chi connectivity index (χ4n) is 1.66. The van der Waals surface area contributed by atoms with Crippen molar-refractivity contribution in [2.75, 3.05) is 11.9 Å². The molecule has 0 radical (unpaired) electrons. The number of hydrogen-bond acceptors (Lipinski definition) is 3. The van der Waals surface area contributed by atoms with E-state index < -0.39 is 0 Å².